The molecular weight excluding hydrogens is 222 g/mol. The fourth-order valence-corrected chi connectivity index (χ4v) is 2.87. The van der Waals surface area contributed by atoms with E-state index in [0.717, 1.165) is 24.9 Å². The van der Waals surface area contributed by atoms with Crippen molar-refractivity contribution in [1.29, 1.82) is 0 Å². The fourth-order valence-electron chi connectivity index (χ4n) is 2.87. The first-order valence-corrected chi connectivity index (χ1v) is 7.26. The zero-order valence-corrected chi connectivity index (χ0v) is 11.0. The summed E-state index contributed by atoms with van der Waals surface area (Å²) in [6.07, 6.45) is 7.19. The van der Waals surface area contributed by atoms with Crippen LogP contribution in [-0.2, 0) is 6.42 Å². The Bertz CT molecular complexity index is 361. The highest BCUT2D eigenvalue weighted by molar-refractivity contribution is 5.03. The van der Waals surface area contributed by atoms with Gasteiger partial charge in [-0.05, 0) is 50.4 Å². The van der Waals surface area contributed by atoms with Gasteiger partial charge >= 0.3 is 0 Å². The normalized spacial score (nSPS) is 24.6. The number of hydrogen-bond donors (Lipinski definition) is 1. The van der Waals surface area contributed by atoms with Gasteiger partial charge in [0.25, 0.3) is 0 Å². The van der Waals surface area contributed by atoms with E-state index in [1.807, 2.05) is 12.3 Å². The molecule has 1 aliphatic heterocycles. The Morgan fingerprint density at radius 2 is 2.22 bits per heavy atom. The van der Waals surface area contributed by atoms with Crippen LogP contribution in [0.1, 0.15) is 25.0 Å². The molecule has 2 aliphatic rings. The summed E-state index contributed by atoms with van der Waals surface area (Å²) in [6, 6.07) is 7.09. The highest BCUT2D eigenvalue weighted by atomic mass is 15.2. The Labute approximate surface area is 110 Å². The summed E-state index contributed by atoms with van der Waals surface area (Å²) in [6.45, 7) is 4.88. The molecule has 2 fully saturated rings. The molecule has 3 heteroatoms. The molecule has 3 rings (SSSR count). The van der Waals surface area contributed by atoms with E-state index in [1.165, 1.54) is 44.6 Å². The van der Waals surface area contributed by atoms with Crippen molar-refractivity contribution >= 4 is 0 Å². The molecule has 0 bridgehead atoms. The van der Waals surface area contributed by atoms with Crippen molar-refractivity contribution in [2.45, 2.75) is 31.7 Å². The van der Waals surface area contributed by atoms with Crippen LogP contribution >= 0.6 is 0 Å². The summed E-state index contributed by atoms with van der Waals surface area (Å²) >= 11 is 0. The minimum atomic E-state index is 0.870. The van der Waals surface area contributed by atoms with Gasteiger partial charge in [-0.2, -0.15) is 0 Å². The molecule has 0 amide bonds. The van der Waals surface area contributed by atoms with Crippen molar-refractivity contribution in [3.63, 3.8) is 0 Å². The molecular formula is C15H23N3. The molecule has 1 N–H and O–H groups in total. The number of aromatic nitrogens is 1. The predicted molar refractivity (Wildman–Crippen MR) is 73.5 cm³/mol. The van der Waals surface area contributed by atoms with Gasteiger partial charge < -0.3 is 10.2 Å². The van der Waals surface area contributed by atoms with E-state index in [0.29, 0.717) is 0 Å². The topological polar surface area (TPSA) is 28.2 Å². The number of nitrogens with zero attached hydrogens (tertiary/aromatic N) is 2. The third-order valence-electron chi connectivity index (χ3n) is 4.10. The smallest absolute Gasteiger partial charge is 0.0416 e. The van der Waals surface area contributed by atoms with E-state index in [2.05, 4.69) is 27.3 Å². The zero-order chi connectivity index (χ0) is 12.2. The number of rotatable bonds is 6. The predicted octanol–water partition coefficient (Wildman–Crippen LogP) is 1.70. The summed E-state index contributed by atoms with van der Waals surface area (Å²) < 4.78 is 0. The largest absolute Gasteiger partial charge is 0.316 e. The lowest BCUT2D eigenvalue weighted by molar-refractivity contribution is 0.312. The van der Waals surface area contributed by atoms with Crippen LogP contribution in [0.5, 0.6) is 0 Å². The van der Waals surface area contributed by atoms with E-state index < -0.39 is 0 Å². The average Bonchev–Trinajstić information content (AvgIpc) is 3.16. The Kier molecular flexibility index (Phi) is 3.91. The lowest BCUT2D eigenvalue weighted by Gasteiger charge is -2.15. The van der Waals surface area contributed by atoms with Crippen molar-refractivity contribution in [3.8, 4) is 0 Å². The van der Waals surface area contributed by atoms with Gasteiger partial charge in [-0.3, -0.25) is 4.98 Å². The number of nitrogens with one attached hydrogen (secondary N) is 1. The third kappa shape index (κ3) is 3.30. The maximum Gasteiger partial charge on any atom is 0.0416 e. The van der Waals surface area contributed by atoms with Crippen molar-refractivity contribution < 1.29 is 0 Å². The molecule has 0 aromatic carbocycles. The molecule has 1 saturated heterocycles. The molecule has 0 spiro atoms. The molecule has 1 saturated carbocycles. The van der Waals surface area contributed by atoms with Gasteiger partial charge in [0, 0.05) is 37.4 Å². The van der Waals surface area contributed by atoms with E-state index in [9.17, 15) is 0 Å². The lowest BCUT2D eigenvalue weighted by Crippen LogP contribution is -2.28. The minimum Gasteiger partial charge on any atom is -0.316 e. The molecule has 1 aromatic rings. The highest BCUT2D eigenvalue weighted by Gasteiger charge is 2.33. The second-order valence-electron chi connectivity index (χ2n) is 5.66. The summed E-state index contributed by atoms with van der Waals surface area (Å²) in [7, 11) is 0. The van der Waals surface area contributed by atoms with Gasteiger partial charge in [0.2, 0.25) is 0 Å². The van der Waals surface area contributed by atoms with Crippen LogP contribution in [0.15, 0.2) is 24.4 Å². The summed E-state index contributed by atoms with van der Waals surface area (Å²) in [5.74, 6) is 0.870. The van der Waals surface area contributed by atoms with Crippen molar-refractivity contribution in [3.05, 3.63) is 30.1 Å². The maximum absolute atomic E-state index is 4.34. The van der Waals surface area contributed by atoms with Gasteiger partial charge in [-0.1, -0.05) is 6.07 Å². The second-order valence-corrected chi connectivity index (χ2v) is 5.66. The van der Waals surface area contributed by atoms with Crippen LogP contribution in [0.25, 0.3) is 0 Å². The van der Waals surface area contributed by atoms with E-state index in [1.54, 1.807) is 0 Å². The Balaban J connectivity index is 1.31. The summed E-state index contributed by atoms with van der Waals surface area (Å²) in [5.41, 5.74) is 1.19. The standard InChI is InChI=1S/C15H23N3/c1-2-8-17-14(3-1)6-9-16-11-13-7-10-18(12-13)15-4-5-15/h1-3,8,13,15-16H,4-7,9-12H2. The zero-order valence-electron chi connectivity index (χ0n) is 11.0. The van der Waals surface area contributed by atoms with Crippen LogP contribution in [0, 0.1) is 5.92 Å². The van der Waals surface area contributed by atoms with Crippen molar-refractivity contribution in [2.24, 2.45) is 5.92 Å². The minimum absolute atomic E-state index is 0.870. The molecule has 1 atom stereocenters. The first kappa shape index (κ1) is 12.1. The van der Waals surface area contributed by atoms with Crippen LogP contribution in [0.3, 0.4) is 0 Å². The van der Waals surface area contributed by atoms with Gasteiger partial charge in [-0.25, -0.2) is 0 Å². The second kappa shape index (κ2) is 5.81. The van der Waals surface area contributed by atoms with Gasteiger partial charge in [-0.15, -0.1) is 0 Å². The average molecular weight is 245 g/mol. The molecule has 1 aromatic heterocycles. The first-order valence-electron chi connectivity index (χ1n) is 7.26. The van der Waals surface area contributed by atoms with Crippen LogP contribution in [0.2, 0.25) is 0 Å². The highest BCUT2D eigenvalue weighted by Crippen LogP contribution is 2.31. The van der Waals surface area contributed by atoms with Crippen LogP contribution in [0.4, 0.5) is 0 Å². The van der Waals surface area contributed by atoms with E-state index >= 15 is 0 Å². The number of likely N-dealkylation sites (tertiary alicyclic amines) is 1. The van der Waals surface area contributed by atoms with E-state index in [4.69, 9.17) is 0 Å². The Hall–Kier alpha value is -0.930. The molecule has 1 unspecified atom stereocenters. The SMILES string of the molecule is c1ccc(CCNCC2CCN(C3CC3)C2)nc1. The van der Waals surface area contributed by atoms with Crippen LogP contribution in [-0.4, -0.2) is 42.1 Å². The maximum atomic E-state index is 4.34. The Morgan fingerprint density at radius 1 is 1.28 bits per heavy atom. The fraction of sp³-hybridized carbons (Fsp3) is 0.667. The molecule has 18 heavy (non-hydrogen) atoms. The molecule has 1 aliphatic carbocycles. The third-order valence-corrected chi connectivity index (χ3v) is 4.10. The summed E-state index contributed by atoms with van der Waals surface area (Å²) in [5, 5.41) is 3.59. The number of hydrogen-bond acceptors (Lipinski definition) is 3. The first-order chi connectivity index (χ1) is 8.92. The lowest BCUT2D eigenvalue weighted by atomic mass is 10.1. The van der Waals surface area contributed by atoms with Crippen molar-refractivity contribution in [1.82, 2.24) is 15.2 Å². The Morgan fingerprint density at radius 3 is 3.00 bits per heavy atom. The van der Waals surface area contributed by atoms with Crippen LogP contribution < -0.4 is 5.32 Å². The van der Waals surface area contributed by atoms with E-state index in [-0.39, 0.29) is 0 Å². The van der Waals surface area contributed by atoms with Gasteiger partial charge in [0.15, 0.2) is 0 Å². The van der Waals surface area contributed by atoms with Crippen molar-refractivity contribution in [2.75, 3.05) is 26.2 Å². The quantitative estimate of drug-likeness (QED) is 0.773. The molecule has 98 valence electrons. The number of pyridine rings is 1. The molecule has 2 heterocycles. The molecule has 0 radical (unpaired) electrons. The monoisotopic (exact) mass is 245 g/mol. The summed E-state index contributed by atoms with van der Waals surface area (Å²) in [4.78, 5) is 7.03. The van der Waals surface area contributed by atoms with Gasteiger partial charge in [0.1, 0.15) is 0 Å². The van der Waals surface area contributed by atoms with Gasteiger partial charge in [0.05, 0.1) is 0 Å². The molecule has 3 nitrogen and oxygen atoms in total.